The second-order valence-corrected chi connectivity index (χ2v) is 7.14. The van der Waals surface area contributed by atoms with Crippen LogP contribution >= 0.6 is 11.6 Å². The molecular formula is C20H22ClF2N3O. The van der Waals surface area contributed by atoms with Crippen LogP contribution in [0.4, 0.5) is 14.5 Å². The Morgan fingerprint density at radius 1 is 1.00 bits per heavy atom. The van der Waals surface area contributed by atoms with Crippen molar-refractivity contribution in [3.05, 3.63) is 64.7 Å². The van der Waals surface area contributed by atoms with Crippen LogP contribution in [0.25, 0.3) is 0 Å². The molecule has 3 rings (SSSR count). The Morgan fingerprint density at radius 2 is 1.70 bits per heavy atom. The van der Waals surface area contributed by atoms with Gasteiger partial charge in [0.25, 0.3) is 0 Å². The van der Waals surface area contributed by atoms with Gasteiger partial charge in [-0.25, -0.2) is 8.78 Å². The molecule has 1 fully saturated rings. The summed E-state index contributed by atoms with van der Waals surface area (Å²) < 4.78 is 26.8. The molecule has 0 radical (unpaired) electrons. The first-order valence-corrected chi connectivity index (χ1v) is 9.31. The zero-order valence-corrected chi connectivity index (χ0v) is 15.7. The molecule has 0 spiro atoms. The molecule has 1 amide bonds. The third-order valence-corrected chi connectivity index (χ3v) is 4.81. The number of carbonyl (C=O) groups is 1. The van der Waals surface area contributed by atoms with Crippen molar-refractivity contribution >= 4 is 23.2 Å². The highest BCUT2D eigenvalue weighted by molar-refractivity contribution is 6.30. The number of nitrogens with one attached hydrogen (secondary N) is 1. The molecular weight excluding hydrogens is 372 g/mol. The Bertz CT molecular complexity index is 785. The van der Waals surface area contributed by atoms with Crippen LogP contribution < -0.4 is 5.32 Å². The minimum atomic E-state index is -0.544. The maximum atomic E-state index is 13.8. The zero-order valence-electron chi connectivity index (χ0n) is 14.9. The van der Waals surface area contributed by atoms with Gasteiger partial charge in [-0.2, -0.15) is 0 Å². The Hall–Kier alpha value is -2.02. The molecule has 0 aliphatic carbocycles. The molecule has 1 aliphatic rings. The molecule has 0 atom stereocenters. The number of hydrogen-bond acceptors (Lipinski definition) is 3. The SMILES string of the molecule is O=C(CN1CCCN(Cc2ccc(F)cc2)CC1)Nc1ccc(Cl)cc1F. The second-order valence-electron chi connectivity index (χ2n) is 6.70. The van der Waals surface area contributed by atoms with Crippen LogP contribution in [-0.2, 0) is 11.3 Å². The highest BCUT2D eigenvalue weighted by atomic mass is 35.5. The number of halogens is 3. The molecule has 1 saturated heterocycles. The lowest BCUT2D eigenvalue weighted by molar-refractivity contribution is -0.117. The number of benzene rings is 2. The summed E-state index contributed by atoms with van der Waals surface area (Å²) in [6.07, 6.45) is 0.934. The predicted octanol–water partition coefficient (Wildman–Crippen LogP) is 3.76. The van der Waals surface area contributed by atoms with Gasteiger partial charge >= 0.3 is 0 Å². The van der Waals surface area contributed by atoms with Crippen LogP contribution in [0.3, 0.4) is 0 Å². The number of rotatable bonds is 5. The molecule has 0 unspecified atom stereocenters. The van der Waals surface area contributed by atoms with Crippen LogP contribution in [-0.4, -0.2) is 48.4 Å². The molecule has 2 aromatic rings. The van der Waals surface area contributed by atoms with Crippen molar-refractivity contribution in [3.63, 3.8) is 0 Å². The lowest BCUT2D eigenvalue weighted by Crippen LogP contribution is -2.36. The minimum Gasteiger partial charge on any atom is -0.322 e. The molecule has 0 aromatic heterocycles. The van der Waals surface area contributed by atoms with Gasteiger partial charge in [0.15, 0.2) is 0 Å². The highest BCUT2D eigenvalue weighted by Gasteiger charge is 2.18. The van der Waals surface area contributed by atoms with Gasteiger partial charge in [-0.15, -0.1) is 0 Å². The fourth-order valence-electron chi connectivity index (χ4n) is 3.17. The maximum Gasteiger partial charge on any atom is 0.238 e. The average molecular weight is 394 g/mol. The number of carbonyl (C=O) groups excluding carboxylic acids is 1. The average Bonchev–Trinajstić information content (AvgIpc) is 2.85. The molecule has 1 N–H and O–H groups in total. The third-order valence-electron chi connectivity index (χ3n) is 4.57. The number of amides is 1. The predicted molar refractivity (Wildman–Crippen MR) is 103 cm³/mol. The van der Waals surface area contributed by atoms with E-state index in [1.807, 2.05) is 0 Å². The lowest BCUT2D eigenvalue weighted by Gasteiger charge is -2.21. The summed E-state index contributed by atoms with van der Waals surface area (Å²) in [5.74, 6) is -1.02. The smallest absolute Gasteiger partial charge is 0.238 e. The molecule has 0 bridgehead atoms. The van der Waals surface area contributed by atoms with Crippen LogP contribution in [0.5, 0.6) is 0 Å². The van der Waals surface area contributed by atoms with E-state index in [9.17, 15) is 13.6 Å². The van der Waals surface area contributed by atoms with E-state index in [0.29, 0.717) is 5.02 Å². The van der Waals surface area contributed by atoms with Crippen LogP contribution in [0.15, 0.2) is 42.5 Å². The summed E-state index contributed by atoms with van der Waals surface area (Å²) in [5.41, 5.74) is 1.21. The van der Waals surface area contributed by atoms with Gasteiger partial charge in [-0.3, -0.25) is 14.6 Å². The van der Waals surface area contributed by atoms with Gasteiger partial charge in [0.2, 0.25) is 5.91 Å². The van der Waals surface area contributed by atoms with Crippen molar-refractivity contribution in [1.82, 2.24) is 9.80 Å². The maximum absolute atomic E-state index is 13.8. The summed E-state index contributed by atoms with van der Waals surface area (Å²) in [6.45, 7) is 4.26. The standard InChI is InChI=1S/C20H22ClF2N3O/c21-16-4-7-19(18(23)12-16)24-20(27)14-26-9-1-8-25(10-11-26)13-15-2-5-17(22)6-3-15/h2-7,12H,1,8-11,13-14H2,(H,24,27). The van der Waals surface area contributed by atoms with E-state index in [-0.39, 0.29) is 24.0 Å². The van der Waals surface area contributed by atoms with Crippen LogP contribution in [0, 0.1) is 11.6 Å². The van der Waals surface area contributed by atoms with Crippen LogP contribution in [0.2, 0.25) is 5.02 Å². The highest BCUT2D eigenvalue weighted by Crippen LogP contribution is 2.19. The first-order valence-electron chi connectivity index (χ1n) is 8.93. The Morgan fingerprint density at radius 3 is 2.44 bits per heavy atom. The number of nitrogens with zero attached hydrogens (tertiary/aromatic N) is 2. The monoisotopic (exact) mass is 393 g/mol. The first-order chi connectivity index (χ1) is 13.0. The third kappa shape index (κ3) is 5.99. The summed E-state index contributed by atoms with van der Waals surface area (Å²) in [4.78, 5) is 16.6. The van der Waals surface area contributed by atoms with Crippen molar-refractivity contribution in [3.8, 4) is 0 Å². The van der Waals surface area contributed by atoms with E-state index in [2.05, 4.69) is 15.1 Å². The molecule has 0 saturated carbocycles. The Balaban J connectivity index is 1.48. The van der Waals surface area contributed by atoms with Crippen molar-refractivity contribution in [2.75, 3.05) is 38.0 Å². The Labute approximate surface area is 162 Å². The summed E-state index contributed by atoms with van der Waals surface area (Å²) in [7, 11) is 0. The minimum absolute atomic E-state index is 0.136. The molecule has 144 valence electrons. The van der Waals surface area contributed by atoms with Crippen molar-refractivity contribution in [1.29, 1.82) is 0 Å². The van der Waals surface area contributed by atoms with Crippen molar-refractivity contribution < 1.29 is 13.6 Å². The van der Waals surface area contributed by atoms with Crippen molar-refractivity contribution in [2.45, 2.75) is 13.0 Å². The molecule has 1 aliphatic heterocycles. The van der Waals surface area contributed by atoms with E-state index in [4.69, 9.17) is 11.6 Å². The molecule has 4 nitrogen and oxygen atoms in total. The van der Waals surface area contributed by atoms with Gasteiger partial charge < -0.3 is 5.32 Å². The molecule has 7 heteroatoms. The quantitative estimate of drug-likeness (QED) is 0.840. The zero-order chi connectivity index (χ0) is 19.2. The number of hydrogen-bond donors (Lipinski definition) is 1. The van der Waals surface area contributed by atoms with Gasteiger partial charge in [-0.1, -0.05) is 23.7 Å². The van der Waals surface area contributed by atoms with E-state index >= 15 is 0 Å². The molecule has 1 heterocycles. The normalized spacial score (nSPS) is 16.1. The largest absolute Gasteiger partial charge is 0.322 e. The summed E-state index contributed by atoms with van der Waals surface area (Å²) in [5, 5.41) is 2.89. The second kappa shape index (κ2) is 9.26. The topological polar surface area (TPSA) is 35.6 Å². The molecule has 27 heavy (non-hydrogen) atoms. The fourth-order valence-corrected chi connectivity index (χ4v) is 3.33. The lowest BCUT2D eigenvalue weighted by atomic mass is 10.2. The van der Waals surface area contributed by atoms with Gasteiger partial charge in [0, 0.05) is 24.7 Å². The summed E-state index contributed by atoms with van der Waals surface area (Å²) >= 11 is 5.72. The number of anilines is 1. The van der Waals surface area contributed by atoms with E-state index in [1.54, 1.807) is 18.2 Å². The van der Waals surface area contributed by atoms with Crippen LogP contribution in [0.1, 0.15) is 12.0 Å². The van der Waals surface area contributed by atoms with E-state index in [0.717, 1.165) is 44.7 Å². The van der Waals surface area contributed by atoms with Gasteiger partial charge in [-0.05, 0) is 55.4 Å². The van der Waals surface area contributed by atoms with Crippen molar-refractivity contribution in [2.24, 2.45) is 0 Å². The van der Waals surface area contributed by atoms with Gasteiger partial charge in [0.05, 0.1) is 12.2 Å². The Kier molecular flexibility index (Phi) is 6.77. The van der Waals surface area contributed by atoms with E-state index in [1.165, 1.54) is 24.3 Å². The van der Waals surface area contributed by atoms with E-state index < -0.39 is 5.82 Å². The fraction of sp³-hybridized carbons (Fsp3) is 0.350. The van der Waals surface area contributed by atoms with Gasteiger partial charge in [0.1, 0.15) is 11.6 Å². The first kappa shape index (κ1) is 19.7. The molecule has 2 aromatic carbocycles. The summed E-state index contributed by atoms with van der Waals surface area (Å²) in [6, 6.07) is 10.7.